The third kappa shape index (κ3) is 10.3. The molecule has 0 aliphatic carbocycles. The largest absolute Gasteiger partial charge is 0.488 e. The predicted octanol–water partition coefficient (Wildman–Crippen LogP) is 3.51. The number of guanidine groups is 1. The molecule has 0 saturated carbocycles. The molecule has 1 atom stereocenters. The first-order valence-electron chi connectivity index (χ1n) is 10.8. The second kappa shape index (κ2) is 15.6. The van der Waals surface area contributed by atoms with Crippen LogP contribution in [0.25, 0.3) is 0 Å². The fourth-order valence-electron chi connectivity index (χ4n) is 3.39. The van der Waals surface area contributed by atoms with Crippen molar-refractivity contribution in [1.29, 1.82) is 0 Å². The van der Waals surface area contributed by atoms with Gasteiger partial charge in [-0.25, -0.2) is 9.38 Å². The standard InChI is InChI=1S/C22H37FN4O2.HI/c1-4-20(29-21-8-6-7-19(23)15-21)17-26-22(24-5-2)25-16-18-9-11-27(12-10-18)13-14-28-3;/h6-8,15,18,20H,4-5,9-14,16-17H2,1-3H3,(H2,24,25,26);1H. The summed E-state index contributed by atoms with van der Waals surface area (Å²) >= 11 is 0. The molecule has 2 rings (SSSR count). The van der Waals surface area contributed by atoms with Crippen LogP contribution in [0.3, 0.4) is 0 Å². The van der Waals surface area contributed by atoms with Gasteiger partial charge in [0.05, 0.1) is 13.2 Å². The summed E-state index contributed by atoms with van der Waals surface area (Å²) in [7, 11) is 1.75. The van der Waals surface area contributed by atoms with Crippen molar-refractivity contribution in [3.05, 3.63) is 30.1 Å². The summed E-state index contributed by atoms with van der Waals surface area (Å²) in [5, 5.41) is 6.79. The number of hydrogen-bond acceptors (Lipinski definition) is 4. The zero-order valence-corrected chi connectivity index (χ0v) is 20.9. The molecule has 1 aliphatic rings. The van der Waals surface area contributed by atoms with Crippen molar-refractivity contribution < 1.29 is 13.9 Å². The molecule has 0 aromatic heterocycles. The summed E-state index contributed by atoms with van der Waals surface area (Å²) in [5.74, 6) is 1.73. The van der Waals surface area contributed by atoms with Crippen LogP contribution in [0, 0.1) is 11.7 Å². The number of rotatable bonds is 11. The second-order valence-corrected chi connectivity index (χ2v) is 7.48. The minimum Gasteiger partial charge on any atom is -0.488 e. The fraction of sp³-hybridized carbons (Fsp3) is 0.682. The maximum absolute atomic E-state index is 13.4. The zero-order valence-electron chi connectivity index (χ0n) is 18.5. The van der Waals surface area contributed by atoms with E-state index >= 15 is 0 Å². The van der Waals surface area contributed by atoms with Crippen LogP contribution < -0.4 is 15.4 Å². The number of piperidine rings is 1. The summed E-state index contributed by atoms with van der Waals surface area (Å²) in [5.41, 5.74) is 0. The number of hydrogen-bond donors (Lipinski definition) is 2. The monoisotopic (exact) mass is 536 g/mol. The van der Waals surface area contributed by atoms with Crippen molar-refractivity contribution in [2.45, 2.75) is 39.2 Å². The van der Waals surface area contributed by atoms with Crippen molar-refractivity contribution in [2.75, 3.05) is 53.0 Å². The smallest absolute Gasteiger partial charge is 0.191 e. The first kappa shape index (κ1) is 26.9. The van der Waals surface area contributed by atoms with Gasteiger partial charge >= 0.3 is 0 Å². The lowest BCUT2D eigenvalue weighted by Crippen LogP contribution is -2.43. The molecule has 1 fully saturated rings. The Balaban J connectivity index is 0.00000450. The van der Waals surface area contributed by atoms with Gasteiger partial charge in [-0.15, -0.1) is 24.0 Å². The Bertz CT molecular complexity index is 613. The Hall–Kier alpha value is -1.13. The van der Waals surface area contributed by atoms with E-state index in [1.165, 1.54) is 25.0 Å². The Morgan fingerprint density at radius 3 is 2.67 bits per heavy atom. The number of likely N-dealkylation sites (tertiary alicyclic amines) is 1. The summed E-state index contributed by atoms with van der Waals surface area (Å²) in [6.07, 6.45) is 3.10. The van der Waals surface area contributed by atoms with E-state index < -0.39 is 0 Å². The fourth-order valence-corrected chi connectivity index (χ4v) is 3.39. The molecule has 1 heterocycles. The predicted molar refractivity (Wildman–Crippen MR) is 132 cm³/mol. The summed E-state index contributed by atoms with van der Waals surface area (Å²) in [4.78, 5) is 7.16. The number of methoxy groups -OCH3 is 1. The Labute approximate surface area is 198 Å². The number of nitrogens with zero attached hydrogens (tertiary/aromatic N) is 2. The van der Waals surface area contributed by atoms with Gasteiger partial charge in [0.2, 0.25) is 0 Å². The molecule has 1 saturated heterocycles. The molecule has 0 radical (unpaired) electrons. The normalized spacial score (nSPS) is 16.6. The van der Waals surface area contributed by atoms with E-state index in [0.29, 0.717) is 18.2 Å². The number of ether oxygens (including phenoxy) is 2. The zero-order chi connectivity index (χ0) is 20.9. The second-order valence-electron chi connectivity index (χ2n) is 7.48. The highest BCUT2D eigenvalue weighted by Gasteiger charge is 2.19. The molecular formula is C22H38FIN4O2. The first-order valence-corrected chi connectivity index (χ1v) is 10.8. The number of nitrogens with one attached hydrogen (secondary N) is 2. The molecule has 1 unspecified atom stereocenters. The molecule has 1 aliphatic heterocycles. The molecule has 6 nitrogen and oxygen atoms in total. The van der Waals surface area contributed by atoms with Gasteiger partial charge in [0.1, 0.15) is 17.7 Å². The molecule has 8 heteroatoms. The minimum atomic E-state index is -0.288. The highest BCUT2D eigenvalue weighted by atomic mass is 127. The first-order chi connectivity index (χ1) is 14.1. The van der Waals surface area contributed by atoms with Crippen molar-refractivity contribution in [1.82, 2.24) is 15.5 Å². The third-order valence-electron chi connectivity index (χ3n) is 5.23. The van der Waals surface area contributed by atoms with Gasteiger partial charge in [-0.05, 0) is 57.3 Å². The molecule has 2 N–H and O–H groups in total. The molecule has 0 bridgehead atoms. The van der Waals surface area contributed by atoms with Gasteiger partial charge in [0, 0.05) is 32.8 Å². The van der Waals surface area contributed by atoms with E-state index in [1.54, 1.807) is 19.2 Å². The van der Waals surface area contributed by atoms with Crippen molar-refractivity contribution in [3.63, 3.8) is 0 Å². The summed E-state index contributed by atoms with van der Waals surface area (Å²) < 4.78 is 24.4. The van der Waals surface area contributed by atoms with Crippen LogP contribution in [0.1, 0.15) is 33.1 Å². The Kier molecular flexibility index (Phi) is 14.0. The van der Waals surface area contributed by atoms with Crippen molar-refractivity contribution >= 4 is 29.9 Å². The Morgan fingerprint density at radius 2 is 2.03 bits per heavy atom. The summed E-state index contributed by atoms with van der Waals surface area (Å²) in [6, 6.07) is 6.26. The van der Waals surface area contributed by atoms with E-state index in [9.17, 15) is 4.39 Å². The molecular weight excluding hydrogens is 498 g/mol. The van der Waals surface area contributed by atoms with Gasteiger partial charge in [-0.1, -0.05) is 13.0 Å². The quantitative estimate of drug-likeness (QED) is 0.258. The SMILES string of the molecule is CCNC(=NCC(CC)Oc1cccc(F)c1)NCC1CCN(CCOC)CC1.I. The van der Waals surface area contributed by atoms with Gasteiger partial charge in [0.25, 0.3) is 0 Å². The maximum atomic E-state index is 13.4. The lowest BCUT2D eigenvalue weighted by molar-refractivity contribution is 0.121. The van der Waals surface area contributed by atoms with E-state index in [4.69, 9.17) is 14.5 Å². The molecule has 1 aromatic carbocycles. The van der Waals surface area contributed by atoms with E-state index in [-0.39, 0.29) is 35.9 Å². The lowest BCUT2D eigenvalue weighted by Gasteiger charge is -2.32. The molecule has 172 valence electrons. The van der Waals surface area contributed by atoms with Gasteiger partial charge in [0.15, 0.2) is 5.96 Å². The Morgan fingerprint density at radius 1 is 1.27 bits per heavy atom. The van der Waals surface area contributed by atoms with Crippen LogP contribution in [0.15, 0.2) is 29.3 Å². The van der Waals surface area contributed by atoms with Gasteiger partial charge < -0.3 is 25.0 Å². The third-order valence-corrected chi connectivity index (χ3v) is 5.23. The minimum absolute atomic E-state index is 0. The highest BCUT2D eigenvalue weighted by molar-refractivity contribution is 14.0. The molecule has 0 amide bonds. The van der Waals surface area contributed by atoms with E-state index in [1.807, 2.05) is 0 Å². The lowest BCUT2D eigenvalue weighted by atomic mass is 9.97. The van der Waals surface area contributed by atoms with Crippen LogP contribution in [-0.2, 0) is 4.74 Å². The van der Waals surface area contributed by atoms with Crippen molar-refractivity contribution in [3.8, 4) is 5.75 Å². The average molecular weight is 536 g/mol. The van der Waals surface area contributed by atoms with Crippen LogP contribution in [-0.4, -0.2) is 69.9 Å². The van der Waals surface area contributed by atoms with Crippen molar-refractivity contribution in [2.24, 2.45) is 10.9 Å². The van der Waals surface area contributed by atoms with Crippen LogP contribution in [0.4, 0.5) is 4.39 Å². The number of benzene rings is 1. The van der Waals surface area contributed by atoms with Gasteiger partial charge in [-0.2, -0.15) is 0 Å². The van der Waals surface area contributed by atoms with E-state index in [2.05, 4.69) is 29.4 Å². The molecule has 30 heavy (non-hydrogen) atoms. The average Bonchev–Trinajstić information content (AvgIpc) is 2.74. The van der Waals surface area contributed by atoms with Crippen LogP contribution >= 0.6 is 24.0 Å². The maximum Gasteiger partial charge on any atom is 0.191 e. The van der Waals surface area contributed by atoms with Crippen LogP contribution in [0.2, 0.25) is 0 Å². The van der Waals surface area contributed by atoms with Crippen LogP contribution in [0.5, 0.6) is 5.75 Å². The number of aliphatic imine (C=N–C) groups is 1. The molecule has 0 spiro atoms. The highest BCUT2D eigenvalue weighted by Crippen LogP contribution is 2.16. The number of halogens is 2. The van der Waals surface area contributed by atoms with E-state index in [0.717, 1.165) is 51.7 Å². The topological polar surface area (TPSA) is 58.1 Å². The summed E-state index contributed by atoms with van der Waals surface area (Å²) in [6.45, 7) is 10.4. The molecule has 1 aromatic rings. The van der Waals surface area contributed by atoms with Gasteiger partial charge in [-0.3, -0.25) is 0 Å².